The van der Waals surface area contributed by atoms with Crippen molar-refractivity contribution in [3.63, 3.8) is 0 Å². The van der Waals surface area contributed by atoms with Crippen LogP contribution in [0.2, 0.25) is 0 Å². The standard InChI is InChI=1S/C56H57N3O/c1-35-34-57-50(36(2)49(35)39-21-16-13-17-22-39)41-29-40(30-42(31-41)54(3,4)5)45-23-18-24-48-51(45)58-53(46-32-43(55(6,7)8)33-47(52(46)60)56(9,10)11)59(48)44-27-25-38(26-28-44)37-19-14-12-15-20-37/h12-34,60H,1-11H3/i13D,16D,17D,21D,22D. The molecule has 8 aromatic rings. The van der Waals surface area contributed by atoms with Crippen molar-refractivity contribution in [2.24, 2.45) is 0 Å². The van der Waals surface area contributed by atoms with E-state index in [1.165, 1.54) is 0 Å². The van der Waals surface area contributed by atoms with E-state index in [-0.39, 0.29) is 51.7 Å². The molecule has 0 aliphatic rings. The van der Waals surface area contributed by atoms with E-state index in [4.69, 9.17) is 16.8 Å². The number of benzene rings is 6. The summed E-state index contributed by atoms with van der Waals surface area (Å²) >= 11 is 0. The quantitative estimate of drug-likeness (QED) is 0.182. The van der Waals surface area contributed by atoms with Crippen LogP contribution in [0.15, 0.2) is 140 Å². The Morgan fingerprint density at radius 3 is 1.87 bits per heavy atom. The van der Waals surface area contributed by atoms with Gasteiger partial charge in [-0.15, -0.1) is 0 Å². The summed E-state index contributed by atoms with van der Waals surface area (Å²) in [5.74, 6) is 0.831. The summed E-state index contributed by atoms with van der Waals surface area (Å²) in [6.45, 7) is 23.2. The first-order chi connectivity index (χ1) is 30.5. The third kappa shape index (κ3) is 7.56. The number of phenols is 1. The summed E-state index contributed by atoms with van der Waals surface area (Å²) in [6, 6.07) is 34.1. The summed E-state index contributed by atoms with van der Waals surface area (Å²) in [5, 5.41) is 12.3. The smallest absolute Gasteiger partial charge is 0.149 e. The lowest BCUT2D eigenvalue weighted by atomic mass is 9.79. The highest BCUT2D eigenvalue weighted by atomic mass is 16.3. The maximum absolute atomic E-state index is 12.3. The van der Waals surface area contributed by atoms with Crippen LogP contribution in [-0.2, 0) is 16.2 Å². The van der Waals surface area contributed by atoms with E-state index in [0.29, 0.717) is 33.8 Å². The second-order valence-corrected chi connectivity index (χ2v) is 19.1. The van der Waals surface area contributed by atoms with Crippen molar-refractivity contribution in [1.29, 1.82) is 0 Å². The average molecular weight is 793 g/mol. The summed E-state index contributed by atoms with van der Waals surface area (Å²) in [4.78, 5) is 10.5. The number of nitrogens with zero attached hydrogens (tertiary/aromatic N) is 3. The van der Waals surface area contributed by atoms with E-state index in [9.17, 15) is 5.11 Å². The van der Waals surface area contributed by atoms with E-state index in [0.717, 1.165) is 61.2 Å². The van der Waals surface area contributed by atoms with Crippen LogP contribution < -0.4 is 0 Å². The molecule has 60 heavy (non-hydrogen) atoms. The molecular weight excluding hydrogens is 731 g/mol. The molecule has 0 aliphatic carbocycles. The summed E-state index contributed by atoms with van der Waals surface area (Å²) in [5.41, 5.74) is 13.0. The SMILES string of the molecule is [2H]c1c([2H])c([2H])c(-c2c(C)cnc(-c3cc(-c4cccc5c4nc(-c4cc(C(C)(C)C)cc(C(C)(C)C)c4O)n5-c4ccc(-c5ccccc5)cc4)cc(C(C)(C)C)c3)c2C)c([2H])c1[2H]. The normalized spacial score (nSPS) is 13.5. The van der Waals surface area contributed by atoms with Gasteiger partial charge in [0.15, 0.2) is 0 Å². The van der Waals surface area contributed by atoms with Crippen molar-refractivity contribution in [3.8, 4) is 67.5 Å². The minimum atomic E-state index is -0.424. The predicted octanol–water partition coefficient (Wildman–Crippen LogP) is 15.0. The number of aryl methyl sites for hydroxylation is 1. The maximum Gasteiger partial charge on any atom is 0.149 e. The molecule has 0 fully saturated rings. The highest BCUT2D eigenvalue weighted by Crippen LogP contribution is 2.45. The van der Waals surface area contributed by atoms with E-state index in [2.05, 4.69) is 152 Å². The monoisotopic (exact) mass is 792 g/mol. The molecule has 0 atom stereocenters. The number of aromatic hydroxyl groups is 1. The number of para-hydroxylation sites is 1. The molecule has 1 N–H and O–H groups in total. The van der Waals surface area contributed by atoms with Gasteiger partial charge in [-0.2, -0.15) is 0 Å². The van der Waals surface area contributed by atoms with Gasteiger partial charge in [-0.3, -0.25) is 9.55 Å². The molecule has 0 amide bonds. The van der Waals surface area contributed by atoms with E-state index in [1.54, 1.807) is 6.20 Å². The van der Waals surface area contributed by atoms with Gasteiger partial charge >= 0.3 is 0 Å². The van der Waals surface area contributed by atoms with Gasteiger partial charge in [-0.1, -0.05) is 159 Å². The second kappa shape index (κ2) is 15.1. The Morgan fingerprint density at radius 2 is 1.22 bits per heavy atom. The van der Waals surface area contributed by atoms with E-state index < -0.39 is 6.04 Å². The summed E-state index contributed by atoms with van der Waals surface area (Å²) in [6.07, 6.45) is 1.73. The van der Waals surface area contributed by atoms with Crippen LogP contribution in [0.1, 0.15) is 97.0 Å². The number of imidazole rings is 1. The van der Waals surface area contributed by atoms with Crippen LogP contribution in [0.3, 0.4) is 0 Å². The Kier molecular flexibility index (Phi) is 8.70. The van der Waals surface area contributed by atoms with Crippen LogP contribution in [0.25, 0.3) is 72.7 Å². The van der Waals surface area contributed by atoms with Crippen molar-refractivity contribution >= 4 is 11.0 Å². The molecule has 302 valence electrons. The molecule has 2 heterocycles. The van der Waals surface area contributed by atoms with E-state index >= 15 is 0 Å². The molecule has 2 aromatic heterocycles. The first-order valence-corrected chi connectivity index (χ1v) is 20.7. The lowest BCUT2D eigenvalue weighted by molar-refractivity contribution is 0.446. The molecular formula is C56H57N3O. The Hall–Kier alpha value is -6.26. The Morgan fingerprint density at radius 1 is 0.583 bits per heavy atom. The topological polar surface area (TPSA) is 50.9 Å². The highest BCUT2D eigenvalue weighted by Gasteiger charge is 2.29. The minimum absolute atomic E-state index is 0.162. The molecule has 6 aromatic carbocycles. The number of hydrogen-bond donors (Lipinski definition) is 1. The van der Waals surface area contributed by atoms with Gasteiger partial charge in [0.05, 0.1) is 29.1 Å². The third-order valence-electron chi connectivity index (χ3n) is 11.6. The first kappa shape index (κ1) is 34.6. The Bertz CT molecular complexity index is 3140. The molecule has 0 saturated heterocycles. The van der Waals surface area contributed by atoms with Crippen molar-refractivity contribution in [2.45, 2.75) is 92.4 Å². The first-order valence-electron chi connectivity index (χ1n) is 23.2. The van der Waals surface area contributed by atoms with Crippen LogP contribution in [-0.4, -0.2) is 19.6 Å². The van der Waals surface area contributed by atoms with Crippen LogP contribution in [0.5, 0.6) is 5.75 Å². The van der Waals surface area contributed by atoms with Crippen molar-refractivity contribution in [3.05, 3.63) is 167 Å². The molecule has 0 spiro atoms. The summed E-state index contributed by atoms with van der Waals surface area (Å²) < 4.78 is 45.0. The lowest BCUT2D eigenvalue weighted by Crippen LogP contribution is -2.17. The molecule has 0 aliphatic heterocycles. The second-order valence-electron chi connectivity index (χ2n) is 19.1. The van der Waals surface area contributed by atoms with Crippen LogP contribution >= 0.6 is 0 Å². The van der Waals surface area contributed by atoms with Crippen molar-refractivity contribution in [2.75, 3.05) is 0 Å². The van der Waals surface area contributed by atoms with E-state index in [1.807, 2.05) is 32.0 Å². The van der Waals surface area contributed by atoms with Crippen LogP contribution in [0.4, 0.5) is 0 Å². The number of fused-ring (bicyclic) bond motifs is 1. The Balaban J connectivity index is 1.41. The molecule has 0 unspecified atom stereocenters. The fourth-order valence-corrected chi connectivity index (χ4v) is 8.16. The van der Waals surface area contributed by atoms with Gasteiger partial charge in [-0.05, 0) is 117 Å². The van der Waals surface area contributed by atoms with Gasteiger partial charge in [0.1, 0.15) is 11.6 Å². The molecule has 0 saturated carbocycles. The van der Waals surface area contributed by atoms with Crippen LogP contribution in [0, 0.1) is 13.8 Å². The van der Waals surface area contributed by atoms with Gasteiger partial charge in [-0.25, -0.2) is 4.98 Å². The van der Waals surface area contributed by atoms with Crippen molar-refractivity contribution < 1.29 is 12.0 Å². The zero-order valence-corrected chi connectivity index (χ0v) is 36.7. The number of hydrogen-bond acceptors (Lipinski definition) is 3. The number of rotatable bonds is 6. The van der Waals surface area contributed by atoms with Gasteiger partial charge in [0.2, 0.25) is 0 Å². The number of phenolic OH excluding ortho intramolecular Hbond substituents is 1. The molecule has 4 nitrogen and oxygen atoms in total. The van der Waals surface area contributed by atoms with Gasteiger partial charge in [0.25, 0.3) is 0 Å². The minimum Gasteiger partial charge on any atom is -0.507 e. The largest absolute Gasteiger partial charge is 0.507 e. The number of pyridine rings is 1. The van der Waals surface area contributed by atoms with Crippen molar-refractivity contribution in [1.82, 2.24) is 14.5 Å². The maximum atomic E-state index is 12.3. The molecule has 0 radical (unpaired) electrons. The predicted molar refractivity (Wildman–Crippen MR) is 253 cm³/mol. The van der Waals surface area contributed by atoms with Gasteiger partial charge in [0, 0.05) is 28.6 Å². The Labute approximate surface area is 363 Å². The number of aromatic nitrogens is 3. The lowest BCUT2D eigenvalue weighted by Gasteiger charge is -2.27. The highest BCUT2D eigenvalue weighted by molar-refractivity contribution is 5.97. The zero-order valence-electron chi connectivity index (χ0n) is 41.7. The fourth-order valence-electron chi connectivity index (χ4n) is 8.16. The molecule has 8 rings (SSSR count). The summed E-state index contributed by atoms with van der Waals surface area (Å²) in [7, 11) is 0. The molecule has 0 bridgehead atoms. The third-order valence-corrected chi connectivity index (χ3v) is 11.6. The molecule has 4 heteroatoms. The fraction of sp³-hybridized carbons (Fsp3) is 0.250. The van der Waals surface area contributed by atoms with Gasteiger partial charge < -0.3 is 5.11 Å². The zero-order chi connectivity index (χ0) is 47.1. The average Bonchev–Trinajstić information content (AvgIpc) is 3.65.